The molecule has 0 unspecified atom stereocenters. The molecule has 3 rings (SSSR count). The van der Waals surface area contributed by atoms with Gasteiger partial charge in [0.15, 0.2) is 11.6 Å². The van der Waals surface area contributed by atoms with Gasteiger partial charge in [-0.05, 0) is 13.0 Å². The largest absolute Gasteiger partial charge is 0.491 e. The predicted molar refractivity (Wildman–Crippen MR) is 75.7 cm³/mol. The van der Waals surface area contributed by atoms with E-state index in [4.69, 9.17) is 4.74 Å². The van der Waals surface area contributed by atoms with E-state index >= 15 is 0 Å². The lowest BCUT2D eigenvalue weighted by molar-refractivity contribution is 0.322. The Kier molecular flexibility index (Phi) is 3.64. The summed E-state index contributed by atoms with van der Waals surface area (Å²) in [4.78, 5) is 10.7. The minimum Gasteiger partial charge on any atom is -0.491 e. The van der Waals surface area contributed by atoms with Crippen LogP contribution in [0.5, 0.6) is 5.75 Å². The van der Waals surface area contributed by atoms with Crippen LogP contribution >= 0.6 is 0 Å². The lowest BCUT2D eigenvalue weighted by Gasteiger charge is -2.29. The number of fused-ring (bicyclic) bond motifs is 1. The SMILES string of the molecule is CCOc1cc2ncnc(N3CCNCC3)c2cc1F. The second-order valence-electron chi connectivity index (χ2n) is 4.67. The first-order valence-electron chi connectivity index (χ1n) is 6.82. The Morgan fingerprint density at radius 1 is 1.30 bits per heavy atom. The fourth-order valence-electron chi connectivity index (χ4n) is 2.44. The third-order valence-corrected chi connectivity index (χ3v) is 3.38. The van der Waals surface area contributed by atoms with Gasteiger partial charge in [-0.3, -0.25) is 0 Å². The minimum absolute atomic E-state index is 0.241. The van der Waals surface area contributed by atoms with E-state index in [-0.39, 0.29) is 11.6 Å². The van der Waals surface area contributed by atoms with Crippen molar-refractivity contribution in [3.05, 3.63) is 24.3 Å². The van der Waals surface area contributed by atoms with E-state index in [9.17, 15) is 4.39 Å². The number of nitrogens with one attached hydrogen (secondary N) is 1. The first-order valence-corrected chi connectivity index (χ1v) is 6.82. The monoisotopic (exact) mass is 276 g/mol. The van der Waals surface area contributed by atoms with E-state index in [1.54, 1.807) is 6.07 Å². The maximum absolute atomic E-state index is 14.0. The Balaban J connectivity index is 2.06. The molecular weight excluding hydrogens is 259 g/mol. The van der Waals surface area contributed by atoms with Crippen LogP contribution in [0.2, 0.25) is 0 Å². The molecule has 1 saturated heterocycles. The third kappa shape index (κ3) is 2.38. The topological polar surface area (TPSA) is 50.3 Å². The van der Waals surface area contributed by atoms with Crippen molar-refractivity contribution >= 4 is 16.7 Å². The fourth-order valence-corrected chi connectivity index (χ4v) is 2.44. The van der Waals surface area contributed by atoms with Crippen LogP contribution in [0.15, 0.2) is 18.5 Å². The van der Waals surface area contributed by atoms with E-state index < -0.39 is 0 Å². The summed E-state index contributed by atoms with van der Waals surface area (Å²) >= 11 is 0. The molecule has 0 bridgehead atoms. The quantitative estimate of drug-likeness (QED) is 0.922. The smallest absolute Gasteiger partial charge is 0.165 e. The van der Waals surface area contributed by atoms with Gasteiger partial charge in [0.05, 0.1) is 12.1 Å². The van der Waals surface area contributed by atoms with Gasteiger partial charge in [-0.25, -0.2) is 14.4 Å². The number of hydrogen-bond donors (Lipinski definition) is 1. The molecule has 1 aliphatic rings. The number of benzene rings is 1. The molecule has 6 heteroatoms. The average molecular weight is 276 g/mol. The van der Waals surface area contributed by atoms with E-state index in [0.717, 1.165) is 37.4 Å². The maximum atomic E-state index is 14.0. The number of ether oxygens (including phenoxy) is 1. The first-order chi connectivity index (χ1) is 9.79. The van der Waals surface area contributed by atoms with Crippen molar-refractivity contribution in [1.29, 1.82) is 0 Å². The molecule has 0 spiro atoms. The lowest BCUT2D eigenvalue weighted by Crippen LogP contribution is -2.44. The van der Waals surface area contributed by atoms with Crippen LogP contribution < -0.4 is 15.0 Å². The molecule has 1 fully saturated rings. The minimum atomic E-state index is -0.370. The van der Waals surface area contributed by atoms with Crippen molar-refractivity contribution < 1.29 is 9.13 Å². The van der Waals surface area contributed by atoms with Crippen LogP contribution in [-0.4, -0.2) is 42.8 Å². The Labute approximate surface area is 116 Å². The number of hydrogen-bond acceptors (Lipinski definition) is 5. The molecule has 0 radical (unpaired) electrons. The van der Waals surface area contributed by atoms with Gasteiger partial charge in [0, 0.05) is 37.6 Å². The van der Waals surface area contributed by atoms with Crippen molar-refractivity contribution in [3.8, 4) is 5.75 Å². The van der Waals surface area contributed by atoms with Gasteiger partial charge in [0.2, 0.25) is 0 Å². The van der Waals surface area contributed by atoms with E-state index in [1.807, 2.05) is 6.92 Å². The van der Waals surface area contributed by atoms with Crippen molar-refractivity contribution in [3.63, 3.8) is 0 Å². The lowest BCUT2D eigenvalue weighted by atomic mass is 10.2. The highest BCUT2D eigenvalue weighted by Crippen LogP contribution is 2.29. The normalized spacial score (nSPS) is 15.6. The van der Waals surface area contributed by atoms with Gasteiger partial charge in [0.25, 0.3) is 0 Å². The molecule has 0 atom stereocenters. The molecule has 0 aliphatic carbocycles. The first kappa shape index (κ1) is 13.1. The number of nitrogens with zero attached hydrogens (tertiary/aromatic N) is 3. The van der Waals surface area contributed by atoms with Crippen LogP contribution in [0, 0.1) is 5.82 Å². The number of anilines is 1. The van der Waals surface area contributed by atoms with Gasteiger partial charge in [0.1, 0.15) is 12.1 Å². The second-order valence-corrected chi connectivity index (χ2v) is 4.67. The zero-order valence-corrected chi connectivity index (χ0v) is 11.4. The third-order valence-electron chi connectivity index (χ3n) is 3.38. The van der Waals surface area contributed by atoms with E-state index in [0.29, 0.717) is 12.1 Å². The molecule has 1 aromatic heterocycles. The number of halogens is 1. The summed E-state index contributed by atoms with van der Waals surface area (Å²) in [6.45, 7) is 5.80. The highest BCUT2D eigenvalue weighted by molar-refractivity contribution is 5.90. The van der Waals surface area contributed by atoms with Crippen molar-refractivity contribution in [2.45, 2.75) is 6.92 Å². The number of piperazine rings is 1. The highest BCUT2D eigenvalue weighted by Gasteiger charge is 2.17. The second kappa shape index (κ2) is 5.58. The molecule has 1 aliphatic heterocycles. The number of rotatable bonds is 3. The maximum Gasteiger partial charge on any atom is 0.165 e. The summed E-state index contributed by atoms with van der Waals surface area (Å²) in [6, 6.07) is 3.11. The van der Waals surface area contributed by atoms with Crippen LogP contribution in [0.4, 0.5) is 10.2 Å². The van der Waals surface area contributed by atoms with Gasteiger partial charge < -0.3 is 15.0 Å². The summed E-state index contributed by atoms with van der Waals surface area (Å²) in [5, 5.41) is 4.02. The zero-order chi connectivity index (χ0) is 13.9. The Hall–Kier alpha value is -1.95. The summed E-state index contributed by atoms with van der Waals surface area (Å²) < 4.78 is 19.3. The molecule has 0 saturated carbocycles. The molecule has 1 N–H and O–H groups in total. The van der Waals surface area contributed by atoms with E-state index in [1.165, 1.54) is 12.4 Å². The van der Waals surface area contributed by atoms with E-state index in [2.05, 4.69) is 20.2 Å². The Bertz CT molecular complexity index is 613. The fraction of sp³-hybridized carbons (Fsp3) is 0.429. The standard InChI is InChI=1S/C14H17FN4O/c1-2-20-13-8-12-10(7-11(13)15)14(18-9-17-12)19-5-3-16-4-6-19/h7-9,16H,2-6H2,1H3. The summed E-state index contributed by atoms with van der Waals surface area (Å²) in [5.41, 5.74) is 0.707. The van der Waals surface area contributed by atoms with Crippen molar-refractivity contribution in [2.24, 2.45) is 0 Å². The predicted octanol–water partition coefficient (Wildman–Crippen LogP) is 1.58. The molecule has 5 nitrogen and oxygen atoms in total. The van der Waals surface area contributed by atoms with Gasteiger partial charge in [-0.15, -0.1) is 0 Å². The van der Waals surface area contributed by atoms with Crippen molar-refractivity contribution in [2.75, 3.05) is 37.7 Å². The van der Waals surface area contributed by atoms with Crippen LogP contribution in [0.3, 0.4) is 0 Å². The summed E-state index contributed by atoms with van der Waals surface area (Å²) in [5.74, 6) is 0.661. The highest BCUT2D eigenvalue weighted by atomic mass is 19.1. The Morgan fingerprint density at radius 2 is 2.10 bits per heavy atom. The molecule has 2 heterocycles. The average Bonchev–Trinajstić information content (AvgIpc) is 2.49. The van der Waals surface area contributed by atoms with Crippen molar-refractivity contribution in [1.82, 2.24) is 15.3 Å². The zero-order valence-electron chi connectivity index (χ0n) is 11.4. The van der Waals surface area contributed by atoms with Crippen LogP contribution in [-0.2, 0) is 0 Å². The van der Waals surface area contributed by atoms with Crippen LogP contribution in [0.25, 0.3) is 10.9 Å². The molecule has 1 aromatic carbocycles. The van der Waals surface area contributed by atoms with Gasteiger partial charge in [-0.2, -0.15) is 0 Å². The molecule has 2 aromatic rings. The summed E-state index contributed by atoms with van der Waals surface area (Å²) in [7, 11) is 0. The molecule has 106 valence electrons. The molecular formula is C14H17FN4O. The summed E-state index contributed by atoms with van der Waals surface area (Å²) in [6.07, 6.45) is 1.52. The molecule has 0 amide bonds. The van der Waals surface area contributed by atoms with Gasteiger partial charge in [-0.1, -0.05) is 0 Å². The number of aromatic nitrogens is 2. The van der Waals surface area contributed by atoms with Crippen LogP contribution in [0.1, 0.15) is 6.92 Å². The van der Waals surface area contributed by atoms with Gasteiger partial charge >= 0.3 is 0 Å². The Morgan fingerprint density at radius 3 is 2.85 bits per heavy atom. The molecule has 20 heavy (non-hydrogen) atoms.